The van der Waals surface area contributed by atoms with Crippen LogP contribution in [0.2, 0.25) is 0 Å². The van der Waals surface area contributed by atoms with Crippen molar-refractivity contribution in [3.05, 3.63) is 23.8 Å². The van der Waals surface area contributed by atoms with Crippen molar-refractivity contribution in [2.45, 2.75) is 19.8 Å². The van der Waals surface area contributed by atoms with Gasteiger partial charge in [-0.1, -0.05) is 13.3 Å². The first-order chi connectivity index (χ1) is 9.89. The van der Waals surface area contributed by atoms with Crippen LogP contribution in [0.25, 0.3) is 0 Å². The van der Waals surface area contributed by atoms with Crippen molar-refractivity contribution >= 4 is 19.7 Å². The molecule has 0 heterocycles. The molecule has 0 radical (unpaired) electrons. The molecule has 0 aromatic heterocycles. The van der Waals surface area contributed by atoms with E-state index >= 15 is 0 Å². The molecule has 0 fully saturated rings. The third-order valence-corrected chi connectivity index (χ3v) is 4.15. The van der Waals surface area contributed by atoms with Crippen LogP contribution >= 0.6 is 10.7 Å². The van der Waals surface area contributed by atoms with Crippen LogP contribution < -0.4 is 9.47 Å². The summed E-state index contributed by atoms with van der Waals surface area (Å²) in [6, 6.07) is 6.84. The van der Waals surface area contributed by atoms with E-state index in [1.165, 1.54) is 7.11 Å². The minimum Gasteiger partial charge on any atom is -0.493 e. The van der Waals surface area contributed by atoms with Gasteiger partial charge in [0, 0.05) is 22.7 Å². The highest BCUT2D eigenvalue weighted by Gasteiger charge is 2.18. The van der Waals surface area contributed by atoms with Crippen molar-refractivity contribution in [1.29, 1.82) is 5.26 Å². The highest BCUT2D eigenvalue weighted by molar-refractivity contribution is 8.13. The van der Waals surface area contributed by atoms with E-state index in [2.05, 4.69) is 0 Å². The summed E-state index contributed by atoms with van der Waals surface area (Å²) < 4.78 is 33.2. The van der Waals surface area contributed by atoms with E-state index in [1.807, 2.05) is 13.0 Å². The van der Waals surface area contributed by atoms with E-state index in [0.717, 1.165) is 6.42 Å². The molecule has 0 bridgehead atoms. The van der Waals surface area contributed by atoms with Crippen LogP contribution in [-0.2, 0) is 9.05 Å². The molecule has 1 aromatic rings. The Morgan fingerprint density at radius 2 is 2.10 bits per heavy atom. The maximum atomic E-state index is 11.2. The van der Waals surface area contributed by atoms with Crippen molar-refractivity contribution in [3.63, 3.8) is 0 Å². The molecule has 0 saturated heterocycles. The molecule has 21 heavy (non-hydrogen) atoms. The molecule has 1 atom stereocenters. The van der Waals surface area contributed by atoms with Gasteiger partial charge in [0.1, 0.15) is 0 Å². The Balaban J connectivity index is 2.78. The van der Waals surface area contributed by atoms with E-state index in [0.29, 0.717) is 23.5 Å². The number of ether oxygens (including phenoxy) is 2. The largest absolute Gasteiger partial charge is 0.493 e. The zero-order chi connectivity index (χ0) is 15.9. The van der Waals surface area contributed by atoms with E-state index in [9.17, 15) is 8.42 Å². The second-order valence-electron chi connectivity index (χ2n) is 4.65. The first kappa shape index (κ1) is 17.6. The molecule has 1 rings (SSSR count). The number of methoxy groups -OCH3 is 1. The van der Waals surface area contributed by atoms with Gasteiger partial charge in [0.2, 0.25) is 9.05 Å². The topological polar surface area (TPSA) is 76.4 Å². The maximum absolute atomic E-state index is 11.2. The summed E-state index contributed by atoms with van der Waals surface area (Å²) in [5.74, 6) is 0.613. The molecule has 0 spiro atoms. The predicted molar refractivity (Wildman–Crippen MR) is 81.2 cm³/mol. The Bertz CT molecular complexity index is 610. The van der Waals surface area contributed by atoms with E-state index < -0.39 is 9.05 Å². The van der Waals surface area contributed by atoms with E-state index in [1.54, 1.807) is 18.2 Å². The van der Waals surface area contributed by atoms with Gasteiger partial charge in [-0.05, 0) is 18.6 Å². The van der Waals surface area contributed by atoms with Crippen molar-refractivity contribution in [2.24, 2.45) is 5.92 Å². The second-order valence-corrected chi connectivity index (χ2v) is 7.47. The molecule has 0 saturated carbocycles. The SMILES string of the molecule is CCCC(COc1ccc(C#N)cc1OC)CS(=O)(=O)Cl. The van der Waals surface area contributed by atoms with Gasteiger partial charge in [0.15, 0.2) is 11.5 Å². The van der Waals surface area contributed by atoms with Crippen molar-refractivity contribution in [1.82, 2.24) is 0 Å². The van der Waals surface area contributed by atoms with E-state index in [4.69, 9.17) is 25.4 Å². The fraction of sp³-hybridized carbons (Fsp3) is 0.500. The smallest absolute Gasteiger partial charge is 0.232 e. The van der Waals surface area contributed by atoms with Crippen LogP contribution in [-0.4, -0.2) is 27.9 Å². The highest BCUT2D eigenvalue weighted by Crippen LogP contribution is 2.28. The van der Waals surface area contributed by atoms with Gasteiger partial charge in [-0.3, -0.25) is 0 Å². The third kappa shape index (κ3) is 6.23. The molecule has 1 aromatic carbocycles. The summed E-state index contributed by atoms with van der Waals surface area (Å²) in [5.41, 5.74) is 0.465. The summed E-state index contributed by atoms with van der Waals surface area (Å²) in [6.07, 6.45) is 1.54. The number of halogens is 1. The van der Waals surface area contributed by atoms with Crippen molar-refractivity contribution in [3.8, 4) is 17.6 Å². The highest BCUT2D eigenvalue weighted by atomic mass is 35.7. The van der Waals surface area contributed by atoms with Crippen LogP contribution in [0.5, 0.6) is 11.5 Å². The van der Waals surface area contributed by atoms with Crippen LogP contribution in [0.15, 0.2) is 18.2 Å². The number of hydrogen-bond donors (Lipinski definition) is 0. The molecule has 0 N–H and O–H groups in total. The zero-order valence-corrected chi connectivity index (χ0v) is 13.6. The van der Waals surface area contributed by atoms with Crippen LogP contribution in [0, 0.1) is 17.2 Å². The molecule has 116 valence electrons. The Morgan fingerprint density at radius 1 is 1.38 bits per heavy atom. The van der Waals surface area contributed by atoms with Crippen LogP contribution in [0.3, 0.4) is 0 Å². The fourth-order valence-electron chi connectivity index (χ4n) is 1.97. The summed E-state index contributed by atoms with van der Waals surface area (Å²) in [7, 11) is 3.22. The van der Waals surface area contributed by atoms with Crippen molar-refractivity contribution in [2.75, 3.05) is 19.5 Å². The Labute approximate surface area is 129 Å². The Morgan fingerprint density at radius 3 is 2.62 bits per heavy atom. The minimum absolute atomic E-state index is 0.124. The van der Waals surface area contributed by atoms with Gasteiger partial charge >= 0.3 is 0 Å². The first-order valence-corrected chi connectivity index (χ1v) is 9.00. The number of nitriles is 1. The second kappa shape index (κ2) is 8.11. The number of hydrogen-bond acceptors (Lipinski definition) is 5. The summed E-state index contributed by atoms with van der Waals surface area (Å²) in [6.45, 7) is 2.19. The molecule has 1 unspecified atom stereocenters. The molecule has 5 nitrogen and oxygen atoms in total. The summed E-state index contributed by atoms with van der Waals surface area (Å²) >= 11 is 0. The normalized spacial score (nSPS) is 12.5. The molecule has 0 aliphatic heterocycles. The van der Waals surface area contributed by atoms with Gasteiger partial charge in [0.25, 0.3) is 0 Å². The van der Waals surface area contributed by atoms with Gasteiger partial charge in [-0.15, -0.1) is 0 Å². The third-order valence-electron chi connectivity index (χ3n) is 2.90. The van der Waals surface area contributed by atoms with Crippen LogP contribution in [0.4, 0.5) is 0 Å². The Hall–Kier alpha value is -1.45. The Kier molecular flexibility index (Phi) is 6.79. The first-order valence-electron chi connectivity index (χ1n) is 6.52. The lowest BCUT2D eigenvalue weighted by atomic mass is 10.1. The molecular formula is C14H18ClNO4S. The van der Waals surface area contributed by atoms with Gasteiger partial charge < -0.3 is 9.47 Å². The van der Waals surface area contributed by atoms with Gasteiger partial charge in [0.05, 0.1) is 31.1 Å². The lowest BCUT2D eigenvalue weighted by Gasteiger charge is -2.17. The summed E-state index contributed by atoms with van der Waals surface area (Å²) in [5, 5.41) is 8.84. The molecule has 7 heteroatoms. The van der Waals surface area contributed by atoms with E-state index in [-0.39, 0.29) is 18.3 Å². The number of benzene rings is 1. The number of nitrogens with zero attached hydrogens (tertiary/aromatic N) is 1. The summed E-state index contributed by atoms with van der Waals surface area (Å²) in [4.78, 5) is 0. The lowest BCUT2D eigenvalue weighted by Crippen LogP contribution is -2.19. The van der Waals surface area contributed by atoms with Crippen LogP contribution in [0.1, 0.15) is 25.3 Å². The zero-order valence-electron chi connectivity index (χ0n) is 12.0. The number of rotatable bonds is 8. The fourth-order valence-corrected chi connectivity index (χ4v) is 3.33. The average molecular weight is 332 g/mol. The average Bonchev–Trinajstić information content (AvgIpc) is 2.43. The van der Waals surface area contributed by atoms with Gasteiger partial charge in [-0.25, -0.2) is 8.42 Å². The molecular weight excluding hydrogens is 314 g/mol. The molecule has 0 aliphatic carbocycles. The standard InChI is InChI=1S/C14H18ClNO4S/c1-3-4-12(10-21(15,17)18)9-20-13-6-5-11(8-16)7-14(13)19-2/h5-7,12H,3-4,9-10H2,1-2H3. The maximum Gasteiger partial charge on any atom is 0.232 e. The minimum atomic E-state index is -3.56. The predicted octanol–water partition coefficient (Wildman–Crippen LogP) is 2.93. The molecule has 0 aliphatic rings. The molecule has 0 amide bonds. The van der Waals surface area contributed by atoms with Gasteiger partial charge in [-0.2, -0.15) is 5.26 Å². The quantitative estimate of drug-likeness (QED) is 0.684. The monoisotopic (exact) mass is 331 g/mol. The van der Waals surface area contributed by atoms with Crippen molar-refractivity contribution < 1.29 is 17.9 Å². The lowest BCUT2D eigenvalue weighted by molar-refractivity contribution is 0.241.